The molecular weight excluding hydrogens is 642 g/mol. The lowest BCUT2D eigenvalue weighted by atomic mass is 10.1. The van der Waals surface area contributed by atoms with Crippen LogP contribution in [0.4, 0.5) is 37.7 Å². The van der Waals surface area contributed by atoms with E-state index in [1.165, 1.54) is 47.4 Å². The number of amidine groups is 1. The van der Waals surface area contributed by atoms with Crippen molar-refractivity contribution in [2.75, 3.05) is 16.0 Å². The molecule has 4 aromatic rings. The number of amides is 1. The summed E-state index contributed by atoms with van der Waals surface area (Å²) in [5, 5.41) is 17.7. The fourth-order valence-corrected chi connectivity index (χ4v) is 5.24. The van der Waals surface area contributed by atoms with Crippen LogP contribution in [0.25, 0.3) is 5.69 Å². The number of anilines is 2. The van der Waals surface area contributed by atoms with Gasteiger partial charge in [0.05, 0.1) is 17.1 Å². The molecule has 0 bridgehead atoms. The third-order valence-corrected chi connectivity index (χ3v) is 7.28. The number of alkyl halides is 6. The molecule has 2 N–H and O–H groups in total. The second kappa shape index (κ2) is 13.3. The molecule has 1 atom stereocenters. The van der Waals surface area contributed by atoms with Gasteiger partial charge in [-0.2, -0.15) is 5.10 Å². The van der Waals surface area contributed by atoms with Gasteiger partial charge in [0.25, 0.3) is 0 Å². The minimum Gasteiger partial charge on any atom is -0.406 e. The number of aliphatic hydroxyl groups is 1. The average molecular weight is 667 g/mol. The van der Waals surface area contributed by atoms with Crippen LogP contribution in [-0.2, 0) is 17.6 Å². The van der Waals surface area contributed by atoms with Crippen LogP contribution in [0.5, 0.6) is 11.5 Å². The first-order valence-corrected chi connectivity index (χ1v) is 14.4. The molecule has 1 fully saturated rings. The molecule has 1 amide bonds. The van der Waals surface area contributed by atoms with Gasteiger partial charge in [-0.05, 0) is 73.0 Å². The predicted molar refractivity (Wildman–Crippen MR) is 157 cm³/mol. The smallest absolute Gasteiger partial charge is 0.406 e. The number of rotatable bonds is 10. The van der Waals surface area contributed by atoms with Crippen LogP contribution in [-0.4, -0.2) is 55.8 Å². The number of aromatic nitrogens is 3. The molecule has 1 aliphatic rings. The molecule has 1 unspecified atom stereocenters. The van der Waals surface area contributed by atoms with Crippen LogP contribution in [0.3, 0.4) is 0 Å². The van der Waals surface area contributed by atoms with Crippen molar-refractivity contribution < 1.29 is 45.7 Å². The highest BCUT2D eigenvalue weighted by atomic mass is 32.2. The number of hydrogen-bond donors (Lipinski definition) is 2. The monoisotopic (exact) mass is 666 g/mol. The zero-order chi connectivity index (χ0) is 33.1. The third-order valence-electron chi connectivity index (χ3n) is 6.34. The van der Waals surface area contributed by atoms with E-state index in [4.69, 9.17) is 0 Å². The highest BCUT2D eigenvalue weighted by Gasteiger charge is 2.37. The van der Waals surface area contributed by atoms with Gasteiger partial charge < -0.3 is 19.9 Å². The van der Waals surface area contributed by atoms with Crippen LogP contribution < -0.4 is 19.7 Å². The van der Waals surface area contributed by atoms with Crippen molar-refractivity contribution in [1.29, 1.82) is 0 Å². The Morgan fingerprint density at radius 2 is 1.67 bits per heavy atom. The van der Waals surface area contributed by atoms with Crippen molar-refractivity contribution in [3.63, 3.8) is 0 Å². The second-order valence-corrected chi connectivity index (χ2v) is 10.8. The number of thioether (sulfide) groups is 1. The van der Waals surface area contributed by atoms with Crippen LogP contribution in [0.15, 0.2) is 78.0 Å². The molecule has 0 spiro atoms. The number of aliphatic hydroxyl groups excluding tert-OH is 1. The fraction of sp³-hybridized carbons (Fsp3) is 0.241. The second-order valence-electron chi connectivity index (χ2n) is 9.81. The number of aryl methyl sites for hydroxylation is 3. The molecule has 46 heavy (non-hydrogen) atoms. The van der Waals surface area contributed by atoms with Crippen molar-refractivity contribution in [2.45, 2.75) is 38.8 Å². The van der Waals surface area contributed by atoms with Crippen LogP contribution in [0.2, 0.25) is 0 Å². The number of ether oxygens (including phenoxy) is 2. The van der Waals surface area contributed by atoms with E-state index in [1.807, 2.05) is 0 Å². The van der Waals surface area contributed by atoms with Gasteiger partial charge in [-0.15, -0.1) is 26.3 Å². The summed E-state index contributed by atoms with van der Waals surface area (Å²) < 4.78 is 85.5. The Morgan fingerprint density at radius 1 is 0.978 bits per heavy atom. The van der Waals surface area contributed by atoms with Crippen molar-refractivity contribution in [2.24, 2.45) is 4.99 Å². The molecule has 0 radical (unpaired) electrons. The molecular formula is C29H24F6N6O4S. The maximum atomic E-state index is 13.0. The molecule has 1 aliphatic heterocycles. The maximum Gasteiger partial charge on any atom is 0.573 e. The third kappa shape index (κ3) is 8.69. The predicted octanol–water partition coefficient (Wildman–Crippen LogP) is 5.98. The number of nitrogens with one attached hydrogen (secondary N) is 1. The van der Waals surface area contributed by atoms with Gasteiger partial charge in [0.1, 0.15) is 12.1 Å². The Morgan fingerprint density at radius 3 is 2.35 bits per heavy atom. The zero-order valence-corrected chi connectivity index (χ0v) is 24.5. The van der Waals surface area contributed by atoms with E-state index in [0.29, 0.717) is 35.6 Å². The van der Waals surface area contributed by atoms with Gasteiger partial charge in [0, 0.05) is 12.1 Å². The summed E-state index contributed by atoms with van der Waals surface area (Å²) in [6, 6.07) is 16.1. The van der Waals surface area contributed by atoms with Crippen molar-refractivity contribution in [3.8, 4) is 17.2 Å². The molecule has 5 rings (SSSR count). The van der Waals surface area contributed by atoms with E-state index in [-0.39, 0.29) is 22.4 Å². The number of hydrogen-bond acceptors (Lipinski definition) is 9. The average Bonchev–Trinajstić information content (AvgIpc) is 3.59. The lowest BCUT2D eigenvalue weighted by Crippen LogP contribution is -2.32. The van der Waals surface area contributed by atoms with Crippen molar-refractivity contribution in [3.05, 3.63) is 90.0 Å². The number of aliphatic imine (C=N–C) groups is 1. The minimum atomic E-state index is -4.98. The quantitative estimate of drug-likeness (QED) is 0.157. The lowest BCUT2D eigenvalue weighted by molar-refractivity contribution is -0.275. The van der Waals surface area contributed by atoms with Gasteiger partial charge in [-0.25, -0.2) is 14.7 Å². The maximum absolute atomic E-state index is 13.0. The standard InChI is InChI=1S/C29H24F6N6O4S/c1-17-2-12-23(45-29(33,34)35)22(14-17)41-25(42)15-46-27(41)38-26(43)37-19-6-3-18(4-7-19)5-13-24-36-16-40(39-24)20-8-10-21(11-9-20)44-28(30,31)32/h2-4,6-12,14,16,26,37,43H,5,13,15H2,1H3/b38-27-. The van der Waals surface area contributed by atoms with E-state index in [2.05, 4.69) is 29.9 Å². The van der Waals surface area contributed by atoms with Crippen LogP contribution in [0.1, 0.15) is 17.0 Å². The summed E-state index contributed by atoms with van der Waals surface area (Å²) in [6.07, 6.45) is -8.82. The Balaban J connectivity index is 1.18. The minimum absolute atomic E-state index is 0.00299. The van der Waals surface area contributed by atoms with Crippen LogP contribution in [0, 0.1) is 6.92 Å². The van der Waals surface area contributed by atoms with E-state index >= 15 is 0 Å². The Kier molecular flexibility index (Phi) is 9.43. The first kappa shape index (κ1) is 32.6. The number of carbonyl (C=O) groups excluding carboxylic acids is 1. The van der Waals surface area contributed by atoms with Crippen molar-refractivity contribution in [1.82, 2.24) is 14.8 Å². The number of halogens is 6. The summed E-state index contributed by atoms with van der Waals surface area (Å²) in [4.78, 5) is 22.0. The first-order valence-electron chi connectivity index (χ1n) is 13.4. The van der Waals surface area contributed by atoms with E-state index in [1.54, 1.807) is 31.2 Å². The van der Waals surface area contributed by atoms with E-state index in [0.717, 1.165) is 28.3 Å². The summed E-state index contributed by atoms with van der Waals surface area (Å²) in [5.41, 5.74) is 2.35. The normalized spacial score (nSPS) is 15.3. The summed E-state index contributed by atoms with van der Waals surface area (Å²) in [7, 11) is 0. The number of benzene rings is 3. The Hall–Kier alpha value is -4.77. The molecule has 3 aromatic carbocycles. The van der Waals surface area contributed by atoms with E-state index < -0.39 is 30.7 Å². The molecule has 17 heteroatoms. The number of carbonyl (C=O) groups is 1. The Bertz CT molecular complexity index is 1710. The van der Waals surface area contributed by atoms with Gasteiger partial charge in [0.15, 0.2) is 16.7 Å². The summed E-state index contributed by atoms with van der Waals surface area (Å²) >= 11 is 0.964. The van der Waals surface area contributed by atoms with Gasteiger partial charge in [-0.3, -0.25) is 9.69 Å². The fourth-order valence-electron chi connectivity index (χ4n) is 4.35. The summed E-state index contributed by atoms with van der Waals surface area (Å²) in [5.74, 6) is -1.02. The molecule has 242 valence electrons. The van der Waals surface area contributed by atoms with E-state index in [9.17, 15) is 36.2 Å². The topological polar surface area (TPSA) is 114 Å². The molecule has 1 aromatic heterocycles. The highest BCUT2D eigenvalue weighted by Crippen LogP contribution is 2.38. The first-order chi connectivity index (χ1) is 21.7. The van der Waals surface area contributed by atoms with Gasteiger partial charge in [0.2, 0.25) is 12.3 Å². The molecule has 0 saturated carbocycles. The largest absolute Gasteiger partial charge is 0.573 e. The van der Waals surface area contributed by atoms with Gasteiger partial charge in [-0.1, -0.05) is 30.0 Å². The SMILES string of the molecule is Cc1ccc(OC(F)(F)F)c(N2C(=O)CS/C2=N\C(O)Nc2ccc(CCc3ncn(-c4ccc(OC(F)(F)F)cc4)n3)cc2)c1. The molecule has 2 heterocycles. The van der Waals surface area contributed by atoms with Crippen molar-refractivity contribution >= 4 is 34.2 Å². The van der Waals surface area contributed by atoms with Gasteiger partial charge >= 0.3 is 12.7 Å². The number of nitrogens with zero attached hydrogens (tertiary/aromatic N) is 5. The highest BCUT2D eigenvalue weighted by molar-refractivity contribution is 8.15. The molecule has 1 saturated heterocycles. The zero-order valence-electron chi connectivity index (χ0n) is 23.7. The molecule has 0 aliphatic carbocycles. The lowest BCUT2D eigenvalue weighted by Gasteiger charge is -2.22. The summed E-state index contributed by atoms with van der Waals surface area (Å²) in [6.45, 7) is 1.65. The van der Waals surface area contributed by atoms with Crippen LogP contribution >= 0.6 is 11.8 Å². The Labute approximate surface area is 261 Å². The molecule has 10 nitrogen and oxygen atoms in total.